The minimum atomic E-state index is 0. The Morgan fingerprint density at radius 1 is 0.714 bits per heavy atom. The van der Waals surface area contributed by atoms with Gasteiger partial charge in [0.05, 0.1) is 0 Å². The second-order valence-corrected chi connectivity index (χ2v) is 6.82. The fraction of sp³-hybridized carbons (Fsp3) is 0.941. The largest absolute Gasteiger partial charge is 1.00 e. The van der Waals surface area contributed by atoms with E-state index >= 15 is 0 Å². The van der Waals surface area contributed by atoms with Gasteiger partial charge in [-0.25, -0.2) is 0 Å². The maximum Gasteiger partial charge on any atom is 1.00 e. The van der Waals surface area contributed by atoms with Crippen molar-refractivity contribution in [1.29, 1.82) is 0 Å². The van der Waals surface area contributed by atoms with Gasteiger partial charge in [-0.15, -0.1) is 0 Å². The normalized spacial score (nSPS) is 10.2. The summed E-state index contributed by atoms with van der Waals surface area (Å²) in [4.78, 5) is 2.24. The molecule has 0 aliphatic carbocycles. The van der Waals surface area contributed by atoms with E-state index in [0.717, 1.165) is 13.1 Å². The van der Waals surface area contributed by atoms with Crippen molar-refractivity contribution < 1.29 is 29.6 Å². The van der Waals surface area contributed by atoms with E-state index in [4.69, 9.17) is 24.8 Å². The van der Waals surface area contributed by atoms with E-state index in [1.807, 2.05) is 0 Å². The molecule has 0 N–H and O–H groups in total. The summed E-state index contributed by atoms with van der Waals surface area (Å²) < 4.78 is 0.673. The average Bonchev–Trinajstić information content (AvgIpc) is 2.43. The first-order chi connectivity index (χ1) is 9.72. The second-order valence-electron chi connectivity index (χ2n) is 5.79. The number of rotatable bonds is 14. The quantitative estimate of drug-likeness (QED) is 0.207. The maximum atomic E-state index is 5.20. The third kappa shape index (κ3) is 17.3. The molecule has 0 spiro atoms. The van der Waals surface area contributed by atoms with E-state index < -0.39 is 0 Å². The molecular weight excluding hydrogens is 305 g/mol. The molecule has 21 heavy (non-hydrogen) atoms. The van der Waals surface area contributed by atoms with Crippen LogP contribution >= 0.6 is 12.2 Å². The predicted molar refractivity (Wildman–Crippen MR) is 98.3 cm³/mol. The molecule has 0 amide bonds. The standard InChI is InChI=1S/C17H35NS2.Na/c1-3-5-7-9-11-13-15-18(17(19)20)16-14-12-10-8-6-4-2;/h3-16H2,1-2H3,(H,19,20);/q;+1/p-1. The molecule has 0 fully saturated rings. The van der Waals surface area contributed by atoms with Gasteiger partial charge in [0, 0.05) is 13.1 Å². The van der Waals surface area contributed by atoms with Gasteiger partial charge in [-0.2, -0.15) is 0 Å². The summed E-state index contributed by atoms with van der Waals surface area (Å²) in [6, 6.07) is 0. The molecule has 0 rings (SSSR count). The van der Waals surface area contributed by atoms with Crippen molar-refractivity contribution in [2.24, 2.45) is 0 Å². The number of nitrogens with zero attached hydrogens (tertiary/aromatic N) is 1. The van der Waals surface area contributed by atoms with Crippen molar-refractivity contribution >= 4 is 29.2 Å². The molecule has 0 atom stereocenters. The molecule has 0 aromatic rings. The van der Waals surface area contributed by atoms with Gasteiger partial charge in [-0.3, -0.25) is 0 Å². The minimum absolute atomic E-state index is 0. The van der Waals surface area contributed by atoms with E-state index in [2.05, 4.69) is 18.7 Å². The fourth-order valence-corrected chi connectivity index (χ4v) is 2.83. The van der Waals surface area contributed by atoms with Crippen LogP contribution in [0.25, 0.3) is 0 Å². The Morgan fingerprint density at radius 3 is 1.38 bits per heavy atom. The summed E-state index contributed by atoms with van der Waals surface area (Å²) in [5, 5.41) is 0. The molecule has 4 heteroatoms. The molecule has 0 radical (unpaired) electrons. The number of hydrogen-bond donors (Lipinski definition) is 0. The van der Waals surface area contributed by atoms with E-state index in [-0.39, 0.29) is 29.6 Å². The van der Waals surface area contributed by atoms with E-state index in [1.165, 1.54) is 77.0 Å². The van der Waals surface area contributed by atoms with Crippen molar-refractivity contribution in [3.8, 4) is 0 Å². The predicted octanol–water partition coefficient (Wildman–Crippen LogP) is 2.85. The topological polar surface area (TPSA) is 3.24 Å². The van der Waals surface area contributed by atoms with Gasteiger partial charge >= 0.3 is 29.6 Å². The number of thiocarbonyl (C=S) groups is 1. The van der Waals surface area contributed by atoms with Gasteiger partial charge < -0.3 is 29.7 Å². The first-order valence-corrected chi connectivity index (χ1v) is 9.50. The Morgan fingerprint density at radius 2 is 1.05 bits per heavy atom. The van der Waals surface area contributed by atoms with Gasteiger partial charge in [-0.05, 0) is 12.8 Å². The van der Waals surface area contributed by atoms with Crippen molar-refractivity contribution in [1.82, 2.24) is 4.90 Å². The van der Waals surface area contributed by atoms with Crippen LogP contribution < -0.4 is 29.6 Å². The van der Waals surface area contributed by atoms with Crippen molar-refractivity contribution in [3.63, 3.8) is 0 Å². The first kappa shape index (κ1) is 24.4. The summed E-state index contributed by atoms with van der Waals surface area (Å²) in [6.45, 7) is 6.67. The molecular formula is C17H34NNaS2. The summed E-state index contributed by atoms with van der Waals surface area (Å²) in [6.07, 6.45) is 16.0. The fourth-order valence-electron chi connectivity index (χ4n) is 2.46. The zero-order valence-corrected chi connectivity index (χ0v) is 18.3. The van der Waals surface area contributed by atoms with Crippen LogP contribution in [-0.4, -0.2) is 22.3 Å². The van der Waals surface area contributed by atoms with Crippen LogP contribution in [0.4, 0.5) is 0 Å². The average molecular weight is 340 g/mol. The zero-order valence-electron chi connectivity index (χ0n) is 14.7. The summed E-state index contributed by atoms with van der Waals surface area (Å²) >= 11 is 10.4. The van der Waals surface area contributed by atoms with Gasteiger partial charge in [0.1, 0.15) is 0 Å². The number of hydrogen-bond acceptors (Lipinski definition) is 2. The van der Waals surface area contributed by atoms with Gasteiger partial charge in [0.15, 0.2) is 0 Å². The van der Waals surface area contributed by atoms with Gasteiger partial charge in [-0.1, -0.05) is 82.4 Å². The minimum Gasteiger partial charge on any atom is -0.411 e. The SMILES string of the molecule is CCCCCCCCN(CCCCCCCC)C(=S)[S-].[Na+]. The Hall–Kier alpha value is 1.11. The van der Waals surface area contributed by atoms with Crippen molar-refractivity contribution in [2.45, 2.75) is 90.9 Å². The Balaban J connectivity index is 0. The summed E-state index contributed by atoms with van der Waals surface area (Å²) in [5.74, 6) is 0. The third-order valence-electron chi connectivity index (χ3n) is 3.82. The van der Waals surface area contributed by atoms with Crippen molar-refractivity contribution in [3.05, 3.63) is 0 Å². The van der Waals surface area contributed by atoms with Crippen LogP contribution in [0.3, 0.4) is 0 Å². The van der Waals surface area contributed by atoms with Crippen LogP contribution in [0.2, 0.25) is 0 Å². The van der Waals surface area contributed by atoms with Crippen LogP contribution in [0.15, 0.2) is 0 Å². The zero-order chi connectivity index (χ0) is 15.1. The molecule has 1 nitrogen and oxygen atoms in total. The molecule has 0 aliphatic rings. The van der Waals surface area contributed by atoms with Crippen LogP contribution in [-0.2, 0) is 12.6 Å². The molecule has 0 saturated carbocycles. The molecule has 120 valence electrons. The molecule has 0 aliphatic heterocycles. The van der Waals surface area contributed by atoms with Gasteiger partial charge in [0.25, 0.3) is 0 Å². The monoisotopic (exact) mass is 339 g/mol. The smallest absolute Gasteiger partial charge is 0.411 e. The number of unbranched alkanes of at least 4 members (excludes halogenated alkanes) is 10. The molecule has 0 aromatic heterocycles. The van der Waals surface area contributed by atoms with Crippen molar-refractivity contribution in [2.75, 3.05) is 13.1 Å². The Bertz CT molecular complexity index is 209. The summed E-state index contributed by atoms with van der Waals surface area (Å²) in [7, 11) is 0. The Kier molecular flexibility index (Phi) is 22.2. The molecule has 0 unspecified atom stereocenters. The first-order valence-electron chi connectivity index (χ1n) is 8.68. The van der Waals surface area contributed by atoms with Crippen LogP contribution in [0.1, 0.15) is 90.9 Å². The third-order valence-corrected chi connectivity index (χ3v) is 4.34. The molecule has 0 heterocycles. The van der Waals surface area contributed by atoms with E-state index in [9.17, 15) is 0 Å². The van der Waals surface area contributed by atoms with Gasteiger partial charge in [0.2, 0.25) is 0 Å². The van der Waals surface area contributed by atoms with Crippen LogP contribution in [0, 0.1) is 0 Å². The Labute approximate surface area is 166 Å². The molecule has 0 bridgehead atoms. The summed E-state index contributed by atoms with van der Waals surface area (Å²) in [5.41, 5.74) is 0. The second kappa shape index (κ2) is 19.2. The molecule has 0 saturated heterocycles. The molecule has 0 aromatic carbocycles. The van der Waals surface area contributed by atoms with E-state index in [1.54, 1.807) is 0 Å². The van der Waals surface area contributed by atoms with Crippen LogP contribution in [0.5, 0.6) is 0 Å². The van der Waals surface area contributed by atoms with E-state index in [0.29, 0.717) is 4.32 Å². The maximum absolute atomic E-state index is 5.20.